The molecule has 0 unspecified atom stereocenters. The van der Waals surface area contributed by atoms with Crippen molar-refractivity contribution >= 4 is 11.7 Å². The number of benzene rings is 1. The largest absolute Gasteiger partial charge is 0.478 e. The van der Waals surface area contributed by atoms with Gasteiger partial charge in [-0.3, -0.25) is 0 Å². The number of halogens is 1. The monoisotopic (exact) mass is 267 g/mol. The van der Waals surface area contributed by atoms with E-state index in [0.717, 1.165) is 12.8 Å². The fraction of sp³-hybridized carbons (Fsp3) is 0.533. The van der Waals surface area contributed by atoms with Crippen molar-refractivity contribution in [3.63, 3.8) is 0 Å². The number of hydrogen-bond donors (Lipinski definition) is 1. The molecule has 0 aliphatic rings. The van der Waals surface area contributed by atoms with E-state index >= 15 is 0 Å². The maximum Gasteiger partial charge on any atom is 0.337 e. The maximum atomic E-state index is 14.0. The first-order valence-electron chi connectivity index (χ1n) is 6.81. The van der Waals surface area contributed by atoms with Crippen LogP contribution in [0.25, 0.3) is 0 Å². The van der Waals surface area contributed by atoms with Crippen molar-refractivity contribution in [2.24, 2.45) is 5.92 Å². The summed E-state index contributed by atoms with van der Waals surface area (Å²) < 4.78 is 14.0. The van der Waals surface area contributed by atoms with Crippen LogP contribution in [0, 0.1) is 11.7 Å². The third-order valence-electron chi connectivity index (χ3n) is 3.55. The van der Waals surface area contributed by atoms with E-state index in [-0.39, 0.29) is 11.3 Å². The van der Waals surface area contributed by atoms with Crippen LogP contribution >= 0.6 is 0 Å². The minimum Gasteiger partial charge on any atom is -0.478 e. The molecule has 0 atom stereocenters. The quantitative estimate of drug-likeness (QED) is 0.817. The Bertz CT molecular complexity index is 430. The lowest BCUT2D eigenvalue weighted by atomic mass is 10.0. The number of carboxylic acids is 1. The number of carboxylic acid groups (broad SMARTS) is 1. The standard InChI is InChI=1S/C15H22FNO2/c1-4-11(5-2)10-17(6-3)14-12(15(18)19)8-7-9-13(14)16/h7-9,11H,4-6,10H2,1-3H3,(H,18,19). The highest BCUT2D eigenvalue weighted by Gasteiger charge is 2.20. The van der Waals surface area contributed by atoms with Crippen molar-refractivity contribution in [3.05, 3.63) is 29.6 Å². The molecular weight excluding hydrogens is 245 g/mol. The molecule has 0 spiro atoms. The minimum atomic E-state index is -1.09. The van der Waals surface area contributed by atoms with Crippen molar-refractivity contribution in [1.82, 2.24) is 0 Å². The Morgan fingerprint density at radius 1 is 1.32 bits per heavy atom. The molecule has 0 aliphatic heterocycles. The Labute approximate surface area is 114 Å². The van der Waals surface area contributed by atoms with Crippen LogP contribution in [-0.4, -0.2) is 24.2 Å². The van der Waals surface area contributed by atoms with Gasteiger partial charge in [0.1, 0.15) is 5.82 Å². The maximum absolute atomic E-state index is 14.0. The van der Waals surface area contributed by atoms with Gasteiger partial charge in [-0.15, -0.1) is 0 Å². The van der Waals surface area contributed by atoms with Gasteiger partial charge in [0.2, 0.25) is 0 Å². The van der Waals surface area contributed by atoms with Crippen molar-refractivity contribution in [3.8, 4) is 0 Å². The summed E-state index contributed by atoms with van der Waals surface area (Å²) in [6.07, 6.45) is 2.01. The first-order valence-corrected chi connectivity index (χ1v) is 6.81. The van der Waals surface area contributed by atoms with Gasteiger partial charge in [0.25, 0.3) is 0 Å². The summed E-state index contributed by atoms with van der Waals surface area (Å²) in [5.41, 5.74) is 0.247. The normalized spacial score (nSPS) is 10.8. The molecule has 0 saturated heterocycles. The molecule has 1 aromatic rings. The van der Waals surface area contributed by atoms with Crippen LogP contribution < -0.4 is 4.90 Å². The molecule has 1 aromatic carbocycles. The summed E-state index contributed by atoms with van der Waals surface area (Å²) in [5.74, 6) is -1.11. The third-order valence-corrected chi connectivity index (χ3v) is 3.55. The highest BCUT2D eigenvalue weighted by molar-refractivity contribution is 5.94. The highest BCUT2D eigenvalue weighted by atomic mass is 19.1. The van der Waals surface area contributed by atoms with E-state index in [4.69, 9.17) is 0 Å². The van der Waals surface area contributed by atoms with Gasteiger partial charge in [0.15, 0.2) is 0 Å². The highest BCUT2D eigenvalue weighted by Crippen LogP contribution is 2.26. The topological polar surface area (TPSA) is 40.5 Å². The molecule has 0 aromatic heterocycles. The van der Waals surface area contributed by atoms with E-state index in [2.05, 4.69) is 13.8 Å². The number of para-hydroxylation sites is 1. The summed E-state index contributed by atoms with van der Waals surface area (Å²) in [5, 5.41) is 9.19. The van der Waals surface area contributed by atoms with Crippen molar-refractivity contribution < 1.29 is 14.3 Å². The van der Waals surface area contributed by atoms with Crippen LogP contribution in [0.5, 0.6) is 0 Å². The SMILES string of the molecule is CCC(CC)CN(CC)c1c(F)cccc1C(=O)O. The van der Waals surface area contributed by atoms with Gasteiger partial charge < -0.3 is 10.0 Å². The fourth-order valence-corrected chi connectivity index (χ4v) is 2.25. The van der Waals surface area contributed by atoms with Crippen LogP contribution in [-0.2, 0) is 0 Å². The van der Waals surface area contributed by atoms with Gasteiger partial charge in [-0.05, 0) is 25.0 Å². The average molecular weight is 267 g/mol. The van der Waals surface area contributed by atoms with Crippen molar-refractivity contribution in [1.29, 1.82) is 0 Å². The Hall–Kier alpha value is -1.58. The summed E-state index contributed by atoms with van der Waals surface area (Å²) in [7, 11) is 0. The van der Waals surface area contributed by atoms with Gasteiger partial charge in [-0.25, -0.2) is 9.18 Å². The average Bonchev–Trinajstić information content (AvgIpc) is 2.40. The van der Waals surface area contributed by atoms with E-state index in [1.54, 1.807) is 0 Å². The predicted molar refractivity (Wildman–Crippen MR) is 75.3 cm³/mol. The molecule has 0 radical (unpaired) electrons. The van der Waals surface area contributed by atoms with Crippen LogP contribution in [0.3, 0.4) is 0 Å². The van der Waals surface area contributed by atoms with Gasteiger partial charge in [-0.1, -0.05) is 32.8 Å². The molecule has 106 valence electrons. The fourth-order valence-electron chi connectivity index (χ4n) is 2.25. The number of hydrogen-bond acceptors (Lipinski definition) is 2. The zero-order valence-corrected chi connectivity index (χ0v) is 11.8. The number of nitrogens with zero attached hydrogens (tertiary/aromatic N) is 1. The lowest BCUT2D eigenvalue weighted by molar-refractivity contribution is 0.0697. The lowest BCUT2D eigenvalue weighted by Crippen LogP contribution is -2.31. The van der Waals surface area contributed by atoms with E-state index in [1.807, 2.05) is 11.8 Å². The predicted octanol–water partition coefficient (Wildman–Crippen LogP) is 3.79. The van der Waals surface area contributed by atoms with Crippen LogP contribution in [0.15, 0.2) is 18.2 Å². The van der Waals surface area contributed by atoms with Gasteiger partial charge in [0, 0.05) is 13.1 Å². The first kappa shape index (κ1) is 15.5. The summed E-state index contributed by atoms with van der Waals surface area (Å²) in [6.45, 7) is 7.39. The zero-order chi connectivity index (χ0) is 14.4. The number of rotatable bonds is 7. The van der Waals surface area contributed by atoms with E-state index < -0.39 is 11.8 Å². The summed E-state index contributed by atoms with van der Waals surface area (Å²) in [4.78, 5) is 13.1. The molecule has 0 aliphatic carbocycles. The van der Waals surface area contributed by atoms with Crippen LogP contribution in [0.1, 0.15) is 44.0 Å². The molecule has 0 amide bonds. The Morgan fingerprint density at radius 2 is 1.95 bits per heavy atom. The second-order valence-corrected chi connectivity index (χ2v) is 4.66. The van der Waals surface area contributed by atoms with Gasteiger partial charge in [-0.2, -0.15) is 0 Å². The van der Waals surface area contributed by atoms with Crippen LogP contribution in [0.4, 0.5) is 10.1 Å². The van der Waals surface area contributed by atoms with Gasteiger partial charge >= 0.3 is 5.97 Å². The van der Waals surface area contributed by atoms with E-state index in [9.17, 15) is 14.3 Å². The first-order chi connectivity index (χ1) is 9.04. The van der Waals surface area contributed by atoms with Crippen molar-refractivity contribution in [2.45, 2.75) is 33.6 Å². The molecule has 1 N–H and O–H groups in total. The third kappa shape index (κ3) is 3.69. The zero-order valence-electron chi connectivity index (χ0n) is 11.8. The van der Waals surface area contributed by atoms with Crippen LogP contribution in [0.2, 0.25) is 0 Å². The Morgan fingerprint density at radius 3 is 2.42 bits per heavy atom. The molecule has 19 heavy (non-hydrogen) atoms. The Kier molecular flexibility index (Phi) is 5.80. The molecule has 0 fully saturated rings. The summed E-state index contributed by atoms with van der Waals surface area (Å²) in [6, 6.07) is 4.21. The molecule has 0 heterocycles. The molecule has 3 nitrogen and oxygen atoms in total. The number of anilines is 1. The number of carbonyl (C=O) groups is 1. The smallest absolute Gasteiger partial charge is 0.337 e. The minimum absolute atomic E-state index is 0.0350. The molecule has 1 rings (SSSR count). The van der Waals surface area contributed by atoms with Gasteiger partial charge in [0.05, 0.1) is 11.3 Å². The molecule has 4 heteroatoms. The molecular formula is C15H22FNO2. The van der Waals surface area contributed by atoms with E-state index in [0.29, 0.717) is 19.0 Å². The van der Waals surface area contributed by atoms with E-state index in [1.165, 1.54) is 18.2 Å². The molecule has 0 saturated carbocycles. The lowest BCUT2D eigenvalue weighted by Gasteiger charge is -2.28. The second-order valence-electron chi connectivity index (χ2n) is 4.66. The Balaban J connectivity index is 3.13. The summed E-state index contributed by atoms with van der Waals surface area (Å²) >= 11 is 0. The molecule has 0 bridgehead atoms. The van der Waals surface area contributed by atoms with Crippen molar-refractivity contribution in [2.75, 3.05) is 18.0 Å². The second kappa shape index (κ2) is 7.12. The number of aromatic carboxylic acids is 1.